The van der Waals surface area contributed by atoms with Gasteiger partial charge in [0.05, 0.1) is 19.1 Å². The number of aliphatic imine (C=N–C) groups is 2. The van der Waals surface area contributed by atoms with E-state index in [4.69, 9.17) is 51.6 Å². The number of aromatic hydroxyl groups is 1. The van der Waals surface area contributed by atoms with Crippen LogP contribution in [0.1, 0.15) is 77.7 Å². The number of nitrogens with two attached hydrogens (primary N) is 9. The molecule has 71 heavy (non-hydrogen) atoms. The van der Waals surface area contributed by atoms with Gasteiger partial charge in [-0.25, -0.2) is 0 Å². The molecule has 0 saturated carbocycles. The predicted octanol–water partition coefficient (Wildman–Crippen LogP) is -5.95. The van der Waals surface area contributed by atoms with Crippen molar-refractivity contribution >= 4 is 59.2 Å². The molecule has 27 nitrogen and oxygen atoms in total. The topological polar surface area (TPSA) is 482 Å². The number of carbonyl (C=O) groups is 8. The zero-order valence-electron chi connectivity index (χ0n) is 41.3. The van der Waals surface area contributed by atoms with Crippen molar-refractivity contribution in [1.29, 1.82) is 0 Å². The summed E-state index contributed by atoms with van der Waals surface area (Å²) in [5.41, 5.74) is 51.1. The van der Waals surface area contributed by atoms with E-state index in [2.05, 4.69) is 36.6 Å². The minimum atomic E-state index is -1.42. The number of nitrogens with zero attached hydrogens (tertiary/aromatic N) is 4. The van der Waals surface area contributed by atoms with Gasteiger partial charge in [0.1, 0.15) is 36.0 Å². The minimum absolute atomic E-state index is 0.00407. The molecule has 24 N–H and O–H groups in total. The highest BCUT2D eigenvalue weighted by Crippen LogP contribution is 2.14. The van der Waals surface area contributed by atoms with Crippen molar-refractivity contribution in [3.05, 3.63) is 29.8 Å². The molecule has 0 aromatic heterocycles. The van der Waals surface area contributed by atoms with Gasteiger partial charge in [-0.2, -0.15) is 0 Å². The number of phenolic OH excluding ortho intramolecular Hbond substituents is 1. The summed E-state index contributed by atoms with van der Waals surface area (Å²) in [7, 11) is 0. The average molecular weight is 1010 g/mol. The van der Waals surface area contributed by atoms with E-state index in [-0.39, 0.29) is 101 Å². The summed E-state index contributed by atoms with van der Waals surface area (Å²) in [5, 5.41) is 23.1. The molecular formula is C44H80N18O9. The number of guanidine groups is 2. The van der Waals surface area contributed by atoms with E-state index >= 15 is 0 Å². The third kappa shape index (κ3) is 25.0. The van der Waals surface area contributed by atoms with Crippen LogP contribution in [0.5, 0.6) is 5.75 Å². The summed E-state index contributed by atoms with van der Waals surface area (Å²) in [4.78, 5) is 118. The van der Waals surface area contributed by atoms with Crippen LogP contribution in [0.3, 0.4) is 0 Å². The summed E-state index contributed by atoms with van der Waals surface area (Å²) in [6, 6.07) is -1.74. The van der Waals surface area contributed by atoms with Crippen LogP contribution in [0, 0.1) is 5.92 Å². The molecule has 0 aliphatic carbocycles. The molecule has 0 fully saturated rings. The SMILES string of the molecule is CCC[C@H](NC(=O)[C@H](CCCN=C(N)N)NC(=O)CN(CCN)C(=O)[C@@H](N)CCCN=C(N)N)C(=O)N[C@@H](Cc1ccc(O)cc1)C(=O)N[C@@H](CN)C(=O)N[C@@H](CCC(C)C)C(=O)N(CCN)CC(N)=O. The Bertz CT molecular complexity index is 1930. The van der Waals surface area contributed by atoms with E-state index in [1.54, 1.807) is 6.92 Å². The van der Waals surface area contributed by atoms with E-state index < -0.39 is 103 Å². The van der Waals surface area contributed by atoms with Crippen molar-refractivity contribution < 1.29 is 43.5 Å². The van der Waals surface area contributed by atoms with E-state index in [0.717, 1.165) is 9.80 Å². The molecule has 0 saturated heterocycles. The van der Waals surface area contributed by atoms with Crippen molar-refractivity contribution in [2.75, 3.05) is 58.9 Å². The Morgan fingerprint density at radius 1 is 0.592 bits per heavy atom. The molecule has 1 aromatic rings. The van der Waals surface area contributed by atoms with E-state index in [0.29, 0.717) is 24.8 Å². The molecule has 27 heteroatoms. The maximum atomic E-state index is 14.2. The summed E-state index contributed by atoms with van der Waals surface area (Å²) in [5.74, 6) is -6.24. The first-order chi connectivity index (χ1) is 33.6. The zero-order chi connectivity index (χ0) is 53.6. The lowest BCUT2D eigenvalue weighted by molar-refractivity contribution is -0.139. The van der Waals surface area contributed by atoms with Crippen molar-refractivity contribution in [2.24, 2.45) is 67.5 Å². The molecule has 0 aliphatic heterocycles. The number of hydrogen-bond donors (Lipinski definition) is 15. The van der Waals surface area contributed by atoms with E-state index in [1.165, 1.54) is 24.3 Å². The van der Waals surface area contributed by atoms with Crippen LogP contribution in [-0.4, -0.2) is 169 Å². The lowest BCUT2D eigenvalue weighted by atomic mass is 10.0. The number of primary amides is 1. The minimum Gasteiger partial charge on any atom is -0.508 e. The third-order valence-corrected chi connectivity index (χ3v) is 10.7. The maximum absolute atomic E-state index is 14.2. The number of carbonyl (C=O) groups excluding carboxylic acids is 8. The highest BCUT2D eigenvalue weighted by molar-refractivity contribution is 5.97. The van der Waals surface area contributed by atoms with Gasteiger partial charge in [0.25, 0.3) is 0 Å². The van der Waals surface area contributed by atoms with Crippen molar-refractivity contribution in [1.82, 2.24) is 36.4 Å². The highest BCUT2D eigenvalue weighted by atomic mass is 16.3. The molecule has 400 valence electrons. The van der Waals surface area contributed by atoms with Gasteiger partial charge in [0, 0.05) is 52.2 Å². The Labute approximate surface area is 415 Å². The van der Waals surface area contributed by atoms with Crippen LogP contribution in [0.15, 0.2) is 34.3 Å². The molecule has 6 atom stereocenters. The molecule has 1 aromatic carbocycles. The zero-order valence-corrected chi connectivity index (χ0v) is 41.3. The van der Waals surface area contributed by atoms with E-state index in [1.807, 2.05) is 13.8 Å². The summed E-state index contributed by atoms with van der Waals surface area (Å²) in [6.45, 7) is 4.48. The highest BCUT2D eigenvalue weighted by Gasteiger charge is 2.34. The molecule has 0 bridgehead atoms. The number of rotatable bonds is 35. The second kappa shape index (κ2) is 33.7. The average Bonchev–Trinajstić information content (AvgIpc) is 3.30. The second-order valence-corrected chi connectivity index (χ2v) is 17.3. The fourth-order valence-corrected chi connectivity index (χ4v) is 7.03. The van der Waals surface area contributed by atoms with Crippen molar-refractivity contribution in [2.45, 2.75) is 115 Å². The fraction of sp³-hybridized carbons (Fsp3) is 0.636. The van der Waals surface area contributed by atoms with Crippen molar-refractivity contribution in [3.8, 4) is 5.75 Å². The second-order valence-electron chi connectivity index (χ2n) is 17.3. The van der Waals surface area contributed by atoms with Gasteiger partial charge in [0.15, 0.2) is 11.9 Å². The Morgan fingerprint density at radius 2 is 1.07 bits per heavy atom. The first-order valence-corrected chi connectivity index (χ1v) is 23.7. The third-order valence-electron chi connectivity index (χ3n) is 10.7. The standard InChI is InChI=1S/C44H80N18O9/c1-4-7-30(57-38(67)31(9-6-19-55-44(52)53)56-36(65)25-62(21-17-46)41(70)29(48)8-5-18-54-43(50)51)37(66)59-33(22-27-11-13-28(63)14-12-27)39(68)60-34(23-47)40(69)58-32(15-10-26(2)3)42(71)61(20-16-45)24-35(49)64/h11-14,26,29-34,63H,4-10,15-25,45-48H2,1-3H3,(H2,49,64)(H,56,65)(H,57,67)(H,58,69)(H,59,66)(H,60,68)(H4,50,51,54)(H4,52,53,55)/t29-,30-,31-,32-,33-,34-/m0/s1. The summed E-state index contributed by atoms with van der Waals surface area (Å²) < 4.78 is 0. The van der Waals surface area contributed by atoms with Gasteiger partial charge in [-0.05, 0) is 68.6 Å². The predicted molar refractivity (Wildman–Crippen MR) is 268 cm³/mol. The first-order valence-electron chi connectivity index (χ1n) is 23.7. The molecule has 0 radical (unpaired) electrons. The Kier molecular flexibility index (Phi) is 29.5. The number of amides is 8. The number of hydrogen-bond acceptors (Lipinski definition) is 15. The smallest absolute Gasteiger partial charge is 0.245 e. The fourth-order valence-electron chi connectivity index (χ4n) is 7.03. The van der Waals surface area contributed by atoms with Gasteiger partial charge in [-0.3, -0.25) is 48.3 Å². The van der Waals surface area contributed by atoms with Crippen LogP contribution < -0.4 is 78.2 Å². The van der Waals surface area contributed by atoms with Gasteiger partial charge < -0.3 is 93.1 Å². The summed E-state index contributed by atoms with van der Waals surface area (Å²) >= 11 is 0. The number of nitrogens with one attached hydrogen (secondary N) is 5. The van der Waals surface area contributed by atoms with Crippen molar-refractivity contribution in [3.63, 3.8) is 0 Å². The molecule has 0 aliphatic rings. The largest absolute Gasteiger partial charge is 0.508 e. The Hall–Kier alpha value is -6.84. The van der Waals surface area contributed by atoms with Gasteiger partial charge in [-0.1, -0.05) is 39.3 Å². The Balaban J connectivity index is 3.46. The normalized spacial score (nSPS) is 13.5. The molecule has 0 unspecified atom stereocenters. The maximum Gasteiger partial charge on any atom is 0.245 e. The molecule has 0 heterocycles. The number of phenols is 1. The lowest BCUT2D eigenvalue weighted by Gasteiger charge is -2.29. The van der Waals surface area contributed by atoms with Crippen LogP contribution >= 0.6 is 0 Å². The molecule has 8 amide bonds. The molecule has 0 spiro atoms. The van der Waals surface area contributed by atoms with Crippen LogP contribution in [0.25, 0.3) is 0 Å². The van der Waals surface area contributed by atoms with Gasteiger partial charge >= 0.3 is 0 Å². The summed E-state index contributed by atoms with van der Waals surface area (Å²) in [6.07, 6.45) is 1.70. The van der Waals surface area contributed by atoms with Crippen LogP contribution in [0.2, 0.25) is 0 Å². The lowest BCUT2D eigenvalue weighted by Crippen LogP contribution is -2.61. The van der Waals surface area contributed by atoms with Gasteiger partial charge in [0.2, 0.25) is 47.3 Å². The van der Waals surface area contributed by atoms with Crippen LogP contribution in [0.4, 0.5) is 0 Å². The van der Waals surface area contributed by atoms with Gasteiger partial charge in [-0.15, -0.1) is 0 Å². The van der Waals surface area contributed by atoms with E-state index in [9.17, 15) is 43.5 Å². The molecular weight excluding hydrogens is 925 g/mol. The monoisotopic (exact) mass is 1000 g/mol. The Morgan fingerprint density at radius 3 is 1.58 bits per heavy atom. The van der Waals surface area contributed by atoms with Crippen LogP contribution in [-0.2, 0) is 44.8 Å². The molecule has 1 rings (SSSR count). The first kappa shape index (κ1) is 62.2. The quantitative estimate of drug-likeness (QED) is 0.0171. The number of benzene rings is 1.